The fourth-order valence-electron chi connectivity index (χ4n) is 2.07. The van der Waals surface area contributed by atoms with E-state index in [9.17, 15) is 4.79 Å². The van der Waals surface area contributed by atoms with E-state index in [1.54, 1.807) is 31.4 Å². The minimum absolute atomic E-state index is 0.227. The number of methoxy groups -OCH3 is 1. The first-order chi connectivity index (χ1) is 11.0. The number of amides is 1. The quantitative estimate of drug-likeness (QED) is 0.665. The number of ether oxygens (including phenoxy) is 2. The summed E-state index contributed by atoms with van der Waals surface area (Å²) < 4.78 is 11.7. The van der Waals surface area contributed by atoms with Gasteiger partial charge in [0, 0.05) is 16.3 Å². The van der Waals surface area contributed by atoms with Gasteiger partial charge in [-0.05, 0) is 66.3 Å². The molecule has 0 radical (unpaired) electrons. The van der Waals surface area contributed by atoms with Crippen LogP contribution >= 0.6 is 34.2 Å². The number of hydrogen-bond acceptors (Lipinski definition) is 3. The third-order valence-electron chi connectivity index (χ3n) is 3.30. The van der Waals surface area contributed by atoms with Crippen LogP contribution in [0.3, 0.4) is 0 Å². The van der Waals surface area contributed by atoms with Crippen LogP contribution in [0.25, 0.3) is 0 Å². The number of nitrogens with one attached hydrogen (secondary N) is 1. The molecule has 0 saturated heterocycles. The van der Waals surface area contributed by atoms with Crippen LogP contribution in [0.2, 0.25) is 5.02 Å². The largest absolute Gasteiger partial charge is 0.493 e. The van der Waals surface area contributed by atoms with Crippen molar-refractivity contribution in [3.63, 3.8) is 0 Å². The Labute approximate surface area is 154 Å². The Hall–Kier alpha value is -1.47. The lowest BCUT2D eigenvalue weighted by Crippen LogP contribution is -2.13. The molecule has 0 aliphatic carbocycles. The van der Waals surface area contributed by atoms with Gasteiger partial charge in [-0.3, -0.25) is 4.79 Å². The van der Waals surface area contributed by atoms with E-state index in [2.05, 4.69) is 27.9 Å². The van der Waals surface area contributed by atoms with Crippen LogP contribution in [0.1, 0.15) is 22.8 Å². The second kappa shape index (κ2) is 7.88. The second-order valence-electron chi connectivity index (χ2n) is 4.79. The highest BCUT2D eigenvalue weighted by Crippen LogP contribution is 2.34. The highest BCUT2D eigenvalue weighted by atomic mass is 127. The standard InChI is InChI=1S/C17H17ClINO3/c1-4-23-16-13(19)8-11(9-15(16)22-3)17(21)20-14-7-5-6-12(18)10(14)2/h5-9H,4H2,1-3H3,(H,20,21). The molecule has 0 aromatic heterocycles. The predicted octanol–water partition coefficient (Wildman–Crippen LogP) is 4.91. The van der Waals surface area contributed by atoms with Crippen LogP contribution in [0.15, 0.2) is 30.3 Å². The van der Waals surface area contributed by atoms with Crippen LogP contribution in [-0.2, 0) is 0 Å². The van der Waals surface area contributed by atoms with Crippen molar-refractivity contribution < 1.29 is 14.3 Å². The molecule has 1 N–H and O–H groups in total. The summed E-state index contributed by atoms with van der Waals surface area (Å²) in [5, 5.41) is 3.49. The molecule has 0 spiro atoms. The third kappa shape index (κ3) is 4.09. The molecule has 4 nitrogen and oxygen atoms in total. The topological polar surface area (TPSA) is 47.6 Å². The minimum Gasteiger partial charge on any atom is -0.493 e. The van der Waals surface area contributed by atoms with Gasteiger partial charge in [0.1, 0.15) is 0 Å². The van der Waals surface area contributed by atoms with E-state index >= 15 is 0 Å². The van der Waals surface area contributed by atoms with Crippen LogP contribution in [0.5, 0.6) is 11.5 Å². The lowest BCUT2D eigenvalue weighted by molar-refractivity contribution is 0.102. The highest BCUT2D eigenvalue weighted by molar-refractivity contribution is 14.1. The van der Waals surface area contributed by atoms with Crippen LogP contribution in [-0.4, -0.2) is 19.6 Å². The third-order valence-corrected chi connectivity index (χ3v) is 4.51. The molecule has 0 heterocycles. The van der Waals surface area contributed by atoms with E-state index in [0.29, 0.717) is 34.4 Å². The lowest BCUT2D eigenvalue weighted by atomic mass is 10.1. The van der Waals surface area contributed by atoms with Crippen molar-refractivity contribution >= 4 is 45.8 Å². The molecule has 0 fully saturated rings. The number of rotatable bonds is 5. The number of hydrogen-bond donors (Lipinski definition) is 1. The summed E-state index contributed by atoms with van der Waals surface area (Å²) in [6.07, 6.45) is 0. The van der Waals surface area contributed by atoms with Gasteiger partial charge in [0.2, 0.25) is 0 Å². The van der Waals surface area contributed by atoms with E-state index in [0.717, 1.165) is 9.13 Å². The Balaban J connectivity index is 2.32. The molecule has 2 aromatic carbocycles. The molecule has 2 aromatic rings. The van der Waals surface area contributed by atoms with Crippen molar-refractivity contribution in [3.8, 4) is 11.5 Å². The zero-order valence-electron chi connectivity index (χ0n) is 13.1. The summed E-state index contributed by atoms with van der Waals surface area (Å²) >= 11 is 8.21. The number of carbonyl (C=O) groups is 1. The van der Waals surface area contributed by atoms with E-state index in [-0.39, 0.29) is 5.91 Å². The molecule has 0 unspecified atom stereocenters. The summed E-state index contributed by atoms with van der Waals surface area (Å²) in [7, 11) is 1.55. The maximum absolute atomic E-state index is 12.5. The fourth-order valence-corrected chi connectivity index (χ4v) is 3.00. The summed E-state index contributed by atoms with van der Waals surface area (Å²) in [6.45, 7) is 4.29. The first kappa shape index (κ1) is 17.9. The van der Waals surface area contributed by atoms with E-state index in [4.69, 9.17) is 21.1 Å². The Bertz CT molecular complexity index is 734. The van der Waals surface area contributed by atoms with Crippen molar-refractivity contribution in [1.82, 2.24) is 0 Å². The minimum atomic E-state index is -0.227. The van der Waals surface area contributed by atoms with Crippen molar-refractivity contribution in [1.29, 1.82) is 0 Å². The van der Waals surface area contributed by atoms with E-state index < -0.39 is 0 Å². The summed E-state index contributed by atoms with van der Waals surface area (Å²) in [4.78, 5) is 12.5. The maximum atomic E-state index is 12.5. The van der Waals surface area contributed by atoms with Gasteiger partial charge in [0.25, 0.3) is 5.91 Å². The van der Waals surface area contributed by atoms with Gasteiger partial charge in [0.05, 0.1) is 17.3 Å². The zero-order valence-corrected chi connectivity index (χ0v) is 16.0. The van der Waals surface area contributed by atoms with Gasteiger partial charge in [-0.1, -0.05) is 17.7 Å². The number of benzene rings is 2. The number of anilines is 1. The molecule has 0 bridgehead atoms. The molecular formula is C17H17ClINO3. The van der Waals surface area contributed by atoms with Gasteiger partial charge >= 0.3 is 0 Å². The summed E-state index contributed by atoms with van der Waals surface area (Å²) in [5.74, 6) is 0.951. The Morgan fingerprint density at radius 3 is 2.74 bits per heavy atom. The van der Waals surface area contributed by atoms with E-state index in [1.807, 2.05) is 19.9 Å². The van der Waals surface area contributed by atoms with Crippen LogP contribution in [0.4, 0.5) is 5.69 Å². The maximum Gasteiger partial charge on any atom is 0.255 e. The Morgan fingerprint density at radius 1 is 1.35 bits per heavy atom. The van der Waals surface area contributed by atoms with Gasteiger partial charge in [-0.2, -0.15) is 0 Å². The molecule has 122 valence electrons. The molecule has 23 heavy (non-hydrogen) atoms. The van der Waals surface area contributed by atoms with E-state index in [1.165, 1.54) is 0 Å². The molecular weight excluding hydrogens is 429 g/mol. The average molecular weight is 446 g/mol. The molecule has 6 heteroatoms. The smallest absolute Gasteiger partial charge is 0.255 e. The predicted molar refractivity (Wildman–Crippen MR) is 101 cm³/mol. The molecule has 0 aliphatic rings. The summed E-state index contributed by atoms with van der Waals surface area (Å²) in [5.41, 5.74) is 2.01. The van der Waals surface area contributed by atoms with Gasteiger partial charge in [0.15, 0.2) is 11.5 Å². The molecule has 0 aliphatic heterocycles. The monoisotopic (exact) mass is 445 g/mol. The molecule has 0 saturated carbocycles. The summed E-state index contributed by atoms with van der Waals surface area (Å²) in [6, 6.07) is 8.84. The average Bonchev–Trinajstić information content (AvgIpc) is 2.53. The van der Waals surface area contributed by atoms with Gasteiger partial charge in [-0.25, -0.2) is 0 Å². The highest BCUT2D eigenvalue weighted by Gasteiger charge is 2.16. The normalized spacial score (nSPS) is 10.3. The Morgan fingerprint density at radius 2 is 2.09 bits per heavy atom. The Kier molecular flexibility index (Phi) is 6.12. The first-order valence-electron chi connectivity index (χ1n) is 7.04. The molecule has 0 atom stereocenters. The first-order valence-corrected chi connectivity index (χ1v) is 8.50. The lowest BCUT2D eigenvalue weighted by Gasteiger charge is -2.14. The van der Waals surface area contributed by atoms with Gasteiger partial charge in [-0.15, -0.1) is 0 Å². The van der Waals surface area contributed by atoms with Crippen molar-refractivity contribution in [2.24, 2.45) is 0 Å². The van der Waals surface area contributed by atoms with Crippen molar-refractivity contribution in [3.05, 3.63) is 50.1 Å². The van der Waals surface area contributed by atoms with Gasteiger partial charge < -0.3 is 14.8 Å². The van der Waals surface area contributed by atoms with Crippen molar-refractivity contribution in [2.75, 3.05) is 19.0 Å². The fraction of sp³-hybridized carbons (Fsp3) is 0.235. The number of carbonyl (C=O) groups excluding carboxylic acids is 1. The number of halogens is 2. The van der Waals surface area contributed by atoms with Crippen LogP contribution < -0.4 is 14.8 Å². The SMILES string of the molecule is CCOc1c(I)cc(C(=O)Nc2cccc(Cl)c2C)cc1OC. The van der Waals surface area contributed by atoms with Crippen LogP contribution in [0, 0.1) is 10.5 Å². The molecule has 2 rings (SSSR count). The van der Waals surface area contributed by atoms with Crippen molar-refractivity contribution in [2.45, 2.75) is 13.8 Å². The zero-order chi connectivity index (χ0) is 17.0. The second-order valence-corrected chi connectivity index (χ2v) is 6.36. The molecule has 1 amide bonds.